The Bertz CT molecular complexity index is 230. The molecular formula is C14H27NO2. The minimum Gasteiger partial charge on any atom is -0.368 e. The molecular weight excluding hydrogens is 214 g/mol. The Balaban J connectivity index is 2.35. The fourth-order valence-electron chi connectivity index (χ4n) is 2.33. The summed E-state index contributed by atoms with van der Waals surface area (Å²) in [5.41, 5.74) is 0. The molecule has 0 aromatic heterocycles. The number of carbonyl (C=O) groups excluding carboxylic acids is 1. The Morgan fingerprint density at radius 3 is 2.82 bits per heavy atom. The van der Waals surface area contributed by atoms with Crippen LogP contribution in [0.1, 0.15) is 46.0 Å². The maximum atomic E-state index is 12.1. The van der Waals surface area contributed by atoms with Crippen LogP contribution in [0.15, 0.2) is 0 Å². The number of morpholine rings is 1. The van der Waals surface area contributed by atoms with Gasteiger partial charge in [-0.05, 0) is 13.0 Å². The van der Waals surface area contributed by atoms with E-state index >= 15 is 0 Å². The molecule has 2 unspecified atom stereocenters. The van der Waals surface area contributed by atoms with E-state index in [1.807, 2.05) is 0 Å². The Hall–Kier alpha value is -0.410. The predicted molar refractivity (Wildman–Crippen MR) is 70.2 cm³/mol. The minimum absolute atomic E-state index is 0.176. The summed E-state index contributed by atoms with van der Waals surface area (Å²) in [6.07, 6.45) is 5.26. The summed E-state index contributed by atoms with van der Waals surface area (Å²) >= 11 is 0. The van der Waals surface area contributed by atoms with E-state index in [0.29, 0.717) is 24.7 Å². The van der Waals surface area contributed by atoms with Crippen molar-refractivity contribution in [2.24, 2.45) is 5.92 Å². The van der Waals surface area contributed by atoms with Gasteiger partial charge in [-0.2, -0.15) is 0 Å². The van der Waals surface area contributed by atoms with Crippen LogP contribution in [-0.2, 0) is 9.53 Å². The van der Waals surface area contributed by atoms with E-state index in [1.165, 1.54) is 19.3 Å². The molecule has 0 saturated carbocycles. The van der Waals surface area contributed by atoms with E-state index in [-0.39, 0.29) is 6.10 Å². The number of rotatable bonds is 7. The lowest BCUT2D eigenvalue weighted by atomic mass is 9.92. The molecule has 0 radical (unpaired) electrons. The Labute approximate surface area is 106 Å². The lowest BCUT2D eigenvalue weighted by molar-refractivity contribution is -0.136. The summed E-state index contributed by atoms with van der Waals surface area (Å²) < 4.78 is 5.57. The van der Waals surface area contributed by atoms with Crippen LogP contribution in [0.25, 0.3) is 0 Å². The van der Waals surface area contributed by atoms with Crippen molar-refractivity contribution in [3.8, 4) is 0 Å². The fraction of sp³-hybridized carbons (Fsp3) is 0.929. The molecule has 1 fully saturated rings. The first-order valence-corrected chi connectivity index (χ1v) is 7.00. The number of Topliss-reactive ketones (excluding diaryl/α,β-unsaturated/α-hetero) is 1. The first-order chi connectivity index (χ1) is 8.17. The molecule has 0 aliphatic carbocycles. The van der Waals surface area contributed by atoms with Gasteiger partial charge >= 0.3 is 0 Å². The fourth-order valence-corrected chi connectivity index (χ4v) is 2.33. The summed E-state index contributed by atoms with van der Waals surface area (Å²) in [4.78, 5) is 14.3. The molecule has 100 valence electrons. The van der Waals surface area contributed by atoms with Crippen LogP contribution in [0.5, 0.6) is 0 Å². The van der Waals surface area contributed by atoms with Gasteiger partial charge in [-0.25, -0.2) is 0 Å². The molecule has 1 aliphatic heterocycles. The van der Waals surface area contributed by atoms with Crippen molar-refractivity contribution in [2.75, 3.05) is 26.7 Å². The second-order valence-electron chi connectivity index (χ2n) is 5.21. The van der Waals surface area contributed by atoms with Gasteiger partial charge in [-0.3, -0.25) is 4.79 Å². The van der Waals surface area contributed by atoms with Gasteiger partial charge < -0.3 is 9.64 Å². The van der Waals surface area contributed by atoms with Gasteiger partial charge in [0.15, 0.2) is 5.78 Å². The molecule has 17 heavy (non-hydrogen) atoms. The monoisotopic (exact) mass is 241 g/mol. The second-order valence-corrected chi connectivity index (χ2v) is 5.21. The molecule has 0 bridgehead atoms. The Morgan fingerprint density at radius 1 is 1.47 bits per heavy atom. The van der Waals surface area contributed by atoms with Crippen LogP contribution in [0.3, 0.4) is 0 Å². The van der Waals surface area contributed by atoms with Crippen molar-refractivity contribution in [1.82, 2.24) is 4.90 Å². The van der Waals surface area contributed by atoms with Gasteiger partial charge in [0.2, 0.25) is 0 Å². The highest BCUT2D eigenvalue weighted by Crippen LogP contribution is 2.19. The molecule has 1 heterocycles. The number of hydrogen-bond donors (Lipinski definition) is 0. The van der Waals surface area contributed by atoms with Crippen molar-refractivity contribution in [3.63, 3.8) is 0 Å². The molecule has 3 heteroatoms. The van der Waals surface area contributed by atoms with E-state index in [1.54, 1.807) is 0 Å². The van der Waals surface area contributed by atoms with Gasteiger partial charge in [-0.15, -0.1) is 0 Å². The van der Waals surface area contributed by atoms with Crippen LogP contribution < -0.4 is 0 Å². The smallest absolute Gasteiger partial charge is 0.163 e. The minimum atomic E-state index is -0.176. The van der Waals surface area contributed by atoms with E-state index in [0.717, 1.165) is 19.5 Å². The highest BCUT2D eigenvalue weighted by molar-refractivity contribution is 5.83. The molecule has 0 N–H and O–H groups in total. The lowest BCUT2D eigenvalue weighted by Crippen LogP contribution is -2.44. The Morgan fingerprint density at radius 2 is 2.24 bits per heavy atom. The third-order valence-corrected chi connectivity index (χ3v) is 3.66. The third kappa shape index (κ3) is 5.17. The molecule has 0 spiro atoms. The maximum Gasteiger partial charge on any atom is 0.163 e. The molecule has 1 aliphatic rings. The lowest BCUT2D eigenvalue weighted by Gasteiger charge is -2.29. The third-order valence-electron chi connectivity index (χ3n) is 3.66. The Kier molecular flexibility index (Phi) is 6.75. The standard InChI is InChI=1S/C14H27NO2/c1-4-6-7-12(5-2)10-13(16)14-11-15(3)8-9-17-14/h12,14H,4-11H2,1-3H3. The molecule has 3 nitrogen and oxygen atoms in total. The number of unbranched alkanes of at least 4 members (excludes halogenated alkanes) is 1. The zero-order valence-electron chi connectivity index (χ0n) is 11.6. The van der Waals surface area contributed by atoms with Crippen molar-refractivity contribution >= 4 is 5.78 Å². The zero-order valence-corrected chi connectivity index (χ0v) is 11.6. The molecule has 0 aromatic carbocycles. The van der Waals surface area contributed by atoms with Gasteiger partial charge in [0.25, 0.3) is 0 Å². The predicted octanol–water partition coefficient (Wildman–Crippen LogP) is 2.49. The molecule has 2 atom stereocenters. The van der Waals surface area contributed by atoms with Gasteiger partial charge in [-0.1, -0.05) is 39.5 Å². The summed E-state index contributed by atoms with van der Waals surface area (Å²) in [5.74, 6) is 0.859. The number of likely N-dealkylation sites (N-methyl/N-ethyl adjacent to an activating group) is 1. The summed E-state index contributed by atoms with van der Waals surface area (Å²) in [6.45, 7) is 6.79. The van der Waals surface area contributed by atoms with E-state index in [4.69, 9.17) is 4.74 Å². The highest BCUT2D eigenvalue weighted by Gasteiger charge is 2.26. The molecule has 1 rings (SSSR count). The maximum absolute atomic E-state index is 12.1. The normalized spacial score (nSPS) is 23.6. The average molecular weight is 241 g/mol. The topological polar surface area (TPSA) is 29.5 Å². The van der Waals surface area contributed by atoms with E-state index in [2.05, 4.69) is 25.8 Å². The SMILES string of the molecule is CCCCC(CC)CC(=O)C1CN(C)CCO1. The zero-order chi connectivity index (χ0) is 12.7. The number of hydrogen-bond acceptors (Lipinski definition) is 3. The van der Waals surface area contributed by atoms with Crippen molar-refractivity contribution < 1.29 is 9.53 Å². The highest BCUT2D eigenvalue weighted by atomic mass is 16.5. The van der Waals surface area contributed by atoms with Crippen molar-refractivity contribution in [2.45, 2.75) is 52.1 Å². The molecule has 0 aromatic rings. The summed E-state index contributed by atoms with van der Waals surface area (Å²) in [7, 11) is 2.05. The molecule has 0 amide bonds. The van der Waals surface area contributed by atoms with Gasteiger partial charge in [0, 0.05) is 19.5 Å². The summed E-state index contributed by atoms with van der Waals surface area (Å²) in [6, 6.07) is 0. The van der Waals surface area contributed by atoms with Crippen LogP contribution in [0.2, 0.25) is 0 Å². The van der Waals surface area contributed by atoms with Crippen LogP contribution in [0.4, 0.5) is 0 Å². The number of nitrogens with zero attached hydrogens (tertiary/aromatic N) is 1. The number of ether oxygens (including phenoxy) is 1. The van der Waals surface area contributed by atoms with E-state index in [9.17, 15) is 4.79 Å². The second kappa shape index (κ2) is 7.83. The van der Waals surface area contributed by atoms with Gasteiger partial charge in [0.1, 0.15) is 6.10 Å². The summed E-state index contributed by atoms with van der Waals surface area (Å²) in [5, 5.41) is 0. The first-order valence-electron chi connectivity index (χ1n) is 7.00. The number of carbonyl (C=O) groups is 1. The van der Waals surface area contributed by atoms with Crippen molar-refractivity contribution in [1.29, 1.82) is 0 Å². The number of ketones is 1. The quantitative estimate of drug-likeness (QED) is 0.686. The van der Waals surface area contributed by atoms with E-state index < -0.39 is 0 Å². The van der Waals surface area contributed by atoms with Crippen molar-refractivity contribution in [3.05, 3.63) is 0 Å². The largest absolute Gasteiger partial charge is 0.368 e. The van der Waals surface area contributed by atoms with Crippen LogP contribution in [-0.4, -0.2) is 43.5 Å². The first kappa shape index (κ1) is 14.7. The van der Waals surface area contributed by atoms with Crippen LogP contribution in [0, 0.1) is 5.92 Å². The molecule has 1 saturated heterocycles. The average Bonchev–Trinajstić information content (AvgIpc) is 2.34. The van der Waals surface area contributed by atoms with Crippen LogP contribution >= 0.6 is 0 Å². The van der Waals surface area contributed by atoms with Gasteiger partial charge in [0.05, 0.1) is 6.61 Å².